The summed E-state index contributed by atoms with van der Waals surface area (Å²) in [6, 6.07) is 14.0. The molecule has 0 aliphatic carbocycles. The van der Waals surface area contributed by atoms with Gasteiger partial charge >= 0.3 is 0 Å². The lowest BCUT2D eigenvalue weighted by Gasteiger charge is -2.11. The predicted octanol–water partition coefficient (Wildman–Crippen LogP) is 3.40. The van der Waals surface area contributed by atoms with Gasteiger partial charge in [-0.1, -0.05) is 29.8 Å². The molecule has 0 unspecified atom stereocenters. The highest BCUT2D eigenvalue weighted by atomic mass is 35.5. The number of benzene rings is 2. The minimum absolute atomic E-state index is 0.729. The average Bonchev–Trinajstić information content (AvgIpc) is 2.85. The van der Waals surface area contributed by atoms with Crippen LogP contribution in [0.3, 0.4) is 0 Å². The second-order valence-electron chi connectivity index (χ2n) is 4.41. The molecule has 1 N–H and O–H groups in total. The standard InChI is InChI=1S/C15H14ClN3/c1-17-9-11-6-7-12(16)8-15(11)19-10-18-13-4-2-3-5-14(13)19/h2-8,10,17H,9H2,1H3. The van der Waals surface area contributed by atoms with Gasteiger partial charge in [-0.3, -0.25) is 4.57 Å². The minimum Gasteiger partial charge on any atom is -0.316 e. The molecule has 1 aromatic heterocycles. The zero-order valence-corrected chi connectivity index (χ0v) is 11.4. The molecule has 2 aromatic carbocycles. The Kier molecular flexibility index (Phi) is 3.23. The van der Waals surface area contributed by atoms with Gasteiger partial charge in [-0.05, 0) is 36.9 Å². The van der Waals surface area contributed by atoms with Crippen molar-refractivity contribution >= 4 is 22.6 Å². The van der Waals surface area contributed by atoms with Crippen LogP contribution >= 0.6 is 11.6 Å². The van der Waals surface area contributed by atoms with Gasteiger partial charge in [0.15, 0.2) is 0 Å². The first-order valence-electron chi connectivity index (χ1n) is 6.15. The Morgan fingerprint density at radius 1 is 1.21 bits per heavy atom. The molecule has 0 saturated heterocycles. The number of aromatic nitrogens is 2. The molecule has 0 bridgehead atoms. The summed E-state index contributed by atoms with van der Waals surface area (Å²) in [5.41, 5.74) is 4.32. The van der Waals surface area contributed by atoms with Gasteiger partial charge in [-0.25, -0.2) is 4.98 Å². The zero-order chi connectivity index (χ0) is 13.2. The molecule has 96 valence electrons. The molecule has 0 aliphatic rings. The smallest absolute Gasteiger partial charge is 0.100 e. The number of rotatable bonds is 3. The number of para-hydroxylation sites is 2. The Morgan fingerprint density at radius 2 is 2.05 bits per heavy atom. The van der Waals surface area contributed by atoms with Gasteiger partial charge in [-0.2, -0.15) is 0 Å². The van der Waals surface area contributed by atoms with Crippen molar-refractivity contribution in [1.82, 2.24) is 14.9 Å². The van der Waals surface area contributed by atoms with Gasteiger partial charge in [0.25, 0.3) is 0 Å². The predicted molar refractivity (Wildman–Crippen MR) is 78.8 cm³/mol. The Bertz CT molecular complexity index is 718. The van der Waals surface area contributed by atoms with Crippen molar-refractivity contribution in [3.8, 4) is 5.69 Å². The van der Waals surface area contributed by atoms with Gasteiger partial charge in [-0.15, -0.1) is 0 Å². The second-order valence-corrected chi connectivity index (χ2v) is 4.84. The van der Waals surface area contributed by atoms with Crippen LogP contribution in [0.4, 0.5) is 0 Å². The lowest BCUT2D eigenvalue weighted by Crippen LogP contribution is -2.08. The Hall–Kier alpha value is -1.84. The first kappa shape index (κ1) is 12.2. The summed E-state index contributed by atoms with van der Waals surface area (Å²) in [5.74, 6) is 0. The third-order valence-electron chi connectivity index (χ3n) is 3.13. The summed E-state index contributed by atoms with van der Waals surface area (Å²) in [7, 11) is 1.93. The van der Waals surface area contributed by atoms with Crippen LogP contribution < -0.4 is 5.32 Å². The number of nitrogens with zero attached hydrogens (tertiary/aromatic N) is 2. The highest BCUT2D eigenvalue weighted by Gasteiger charge is 2.08. The number of fused-ring (bicyclic) bond motifs is 1. The molecule has 0 fully saturated rings. The van der Waals surface area contributed by atoms with Crippen molar-refractivity contribution in [1.29, 1.82) is 0 Å². The van der Waals surface area contributed by atoms with Crippen LogP contribution in [0.1, 0.15) is 5.56 Å². The molecular weight excluding hydrogens is 258 g/mol. The highest BCUT2D eigenvalue weighted by Crippen LogP contribution is 2.24. The summed E-state index contributed by atoms with van der Waals surface area (Å²) < 4.78 is 2.08. The van der Waals surface area contributed by atoms with E-state index in [0.717, 1.165) is 28.3 Å². The van der Waals surface area contributed by atoms with E-state index in [0.29, 0.717) is 0 Å². The van der Waals surface area contributed by atoms with Crippen molar-refractivity contribution in [3.63, 3.8) is 0 Å². The average molecular weight is 272 g/mol. The van der Waals surface area contributed by atoms with Crippen molar-refractivity contribution in [2.75, 3.05) is 7.05 Å². The maximum absolute atomic E-state index is 6.13. The van der Waals surface area contributed by atoms with Gasteiger partial charge in [0.2, 0.25) is 0 Å². The van der Waals surface area contributed by atoms with E-state index in [1.807, 2.05) is 49.8 Å². The van der Waals surface area contributed by atoms with E-state index in [9.17, 15) is 0 Å². The summed E-state index contributed by atoms with van der Waals surface area (Å²) in [5, 5.41) is 3.91. The van der Waals surface area contributed by atoms with Crippen LogP contribution in [0.2, 0.25) is 5.02 Å². The van der Waals surface area contributed by atoms with E-state index < -0.39 is 0 Å². The molecule has 1 heterocycles. The molecule has 19 heavy (non-hydrogen) atoms. The zero-order valence-electron chi connectivity index (χ0n) is 10.6. The van der Waals surface area contributed by atoms with Crippen LogP contribution in [-0.4, -0.2) is 16.6 Å². The second kappa shape index (κ2) is 5.03. The minimum atomic E-state index is 0.729. The number of nitrogens with one attached hydrogen (secondary N) is 1. The Labute approximate surface area is 116 Å². The molecular formula is C15H14ClN3. The van der Waals surface area contributed by atoms with Crippen LogP contribution in [0, 0.1) is 0 Å². The van der Waals surface area contributed by atoms with E-state index >= 15 is 0 Å². The molecule has 0 saturated carbocycles. The lowest BCUT2D eigenvalue weighted by atomic mass is 10.1. The fraction of sp³-hybridized carbons (Fsp3) is 0.133. The fourth-order valence-electron chi connectivity index (χ4n) is 2.25. The van der Waals surface area contributed by atoms with Crippen molar-refractivity contribution in [2.24, 2.45) is 0 Å². The molecule has 3 rings (SSSR count). The third-order valence-corrected chi connectivity index (χ3v) is 3.36. The molecule has 3 nitrogen and oxygen atoms in total. The quantitative estimate of drug-likeness (QED) is 0.791. The Morgan fingerprint density at radius 3 is 2.89 bits per heavy atom. The summed E-state index contributed by atoms with van der Waals surface area (Å²) in [4.78, 5) is 4.43. The first-order valence-corrected chi connectivity index (χ1v) is 6.53. The largest absolute Gasteiger partial charge is 0.316 e. The summed E-state index contributed by atoms with van der Waals surface area (Å²) in [6.07, 6.45) is 1.84. The maximum Gasteiger partial charge on any atom is 0.100 e. The SMILES string of the molecule is CNCc1ccc(Cl)cc1-n1cnc2ccccc21. The van der Waals surface area contributed by atoms with Gasteiger partial charge in [0.1, 0.15) is 6.33 Å². The molecule has 3 aromatic rings. The maximum atomic E-state index is 6.13. The lowest BCUT2D eigenvalue weighted by molar-refractivity contribution is 0.809. The Balaban J connectivity index is 2.23. The van der Waals surface area contributed by atoms with Crippen LogP contribution in [0.25, 0.3) is 16.7 Å². The molecule has 0 spiro atoms. The topological polar surface area (TPSA) is 29.9 Å². The number of hydrogen-bond donors (Lipinski definition) is 1. The van der Waals surface area contributed by atoms with E-state index in [-0.39, 0.29) is 0 Å². The molecule has 0 atom stereocenters. The van der Waals surface area contributed by atoms with Crippen molar-refractivity contribution in [3.05, 3.63) is 59.4 Å². The van der Waals surface area contributed by atoms with E-state index in [1.165, 1.54) is 5.56 Å². The van der Waals surface area contributed by atoms with Gasteiger partial charge < -0.3 is 5.32 Å². The summed E-state index contributed by atoms with van der Waals surface area (Å²) >= 11 is 6.13. The molecule has 4 heteroatoms. The number of hydrogen-bond acceptors (Lipinski definition) is 2. The fourth-order valence-corrected chi connectivity index (χ4v) is 2.42. The normalized spacial score (nSPS) is 11.1. The van der Waals surface area contributed by atoms with Gasteiger partial charge in [0.05, 0.1) is 16.7 Å². The van der Waals surface area contributed by atoms with E-state index in [4.69, 9.17) is 11.6 Å². The third kappa shape index (κ3) is 2.23. The molecule has 0 aliphatic heterocycles. The summed E-state index contributed by atoms with van der Waals surface area (Å²) in [6.45, 7) is 0.791. The van der Waals surface area contributed by atoms with Crippen LogP contribution in [-0.2, 0) is 6.54 Å². The van der Waals surface area contributed by atoms with Crippen LogP contribution in [0.15, 0.2) is 48.8 Å². The first-order chi connectivity index (χ1) is 9.29. The van der Waals surface area contributed by atoms with Gasteiger partial charge in [0, 0.05) is 11.6 Å². The number of halogens is 1. The van der Waals surface area contributed by atoms with Crippen molar-refractivity contribution in [2.45, 2.75) is 6.54 Å². The molecule has 0 amide bonds. The van der Waals surface area contributed by atoms with Crippen LogP contribution in [0.5, 0.6) is 0 Å². The highest BCUT2D eigenvalue weighted by molar-refractivity contribution is 6.30. The van der Waals surface area contributed by atoms with Crippen molar-refractivity contribution < 1.29 is 0 Å². The van der Waals surface area contributed by atoms with E-state index in [2.05, 4.69) is 20.9 Å². The van der Waals surface area contributed by atoms with E-state index in [1.54, 1.807) is 0 Å². The monoisotopic (exact) mass is 271 g/mol. The number of imidazole rings is 1. The molecule has 0 radical (unpaired) electrons.